The number of rotatable bonds is 12. The van der Waals surface area contributed by atoms with Crippen LogP contribution in [0.4, 0.5) is 17.1 Å². The minimum absolute atomic E-state index is 0.0459. The molecule has 2 heterocycles. The molecule has 49 heavy (non-hydrogen) atoms. The number of carbonyl (C=O) groups is 3. The molecule has 5 rings (SSSR count). The summed E-state index contributed by atoms with van der Waals surface area (Å²) < 4.78 is 18.8. The maximum absolute atomic E-state index is 13.0. The Bertz CT molecular complexity index is 1590. The summed E-state index contributed by atoms with van der Waals surface area (Å²) in [6, 6.07) is 21.8. The Balaban J connectivity index is 1.23. The van der Waals surface area contributed by atoms with Gasteiger partial charge >= 0.3 is 5.97 Å². The Morgan fingerprint density at radius 3 is 2.39 bits per heavy atom. The first kappa shape index (κ1) is 36.0. The second-order valence-corrected chi connectivity index (χ2v) is 13.7. The Morgan fingerprint density at radius 1 is 0.939 bits per heavy atom. The molecule has 4 unspecified atom stereocenters. The number of nitrogens with two attached hydrogens (primary N) is 1. The van der Waals surface area contributed by atoms with Crippen molar-refractivity contribution < 1.29 is 33.7 Å². The molecule has 2 aliphatic heterocycles. The van der Waals surface area contributed by atoms with Gasteiger partial charge in [-0.15, -0.1) is 0 Å². The van der Waals surface area contributed by atoms with E-state index in [0.717, 1.165) is 36.1 Å². The molecule has 4 atom stereocenters. The van der Waals surface area contributed by atoms with E-state index in [4.69, 9.17) is 19.9 Å². The number of benzene rings is 3. The molecule has 2 amide bonds. The molecule has 262 valence electrons. The van der Waals surface area contributed by atoms with Gasteiger partial charge in [0.05, 0.1) is 30.2 Å². The van der Waals surface area contributed by atoms with E-state index in [1.54, 1.807) is 30.3 Å². The maximum atomic E-state index is 13.0. The zero-order valence-electron chi connectivity index (χ0n) is 28.5. The average molecular weight is 673 g/mol. The maximum Gasteiger partial charge on any atom is 0.323 e. The molecular formula is C38H48N4O7. The predicted molar refractivity (Wildman–Crippen MR) is 187 cm³/mol. The number of amides is 2. The minimum atomic E-state index is -0.727. The van der Waals surface area contributed by atoms with Crippen molar-refractivity contribution in [1.29, 1.82) is 0 Å². The number of hydrogen-bond donors (Lipinski definition) is 4. The average Bonchev–Trinajstić information content (AvgIpc) is 3.53. The Labute approximate surface area is 288 Å². The van der Waals surface area contributed by atoms with Crippen LogP contribution in [0.3, 0.4) is 0 Å². The number of esters is 1. The fourth-order valence-corrected chi connectivity index (χ4v) is 6.20. The molecule has 2 saturated heterocycles. The van der Waals surface area contributed by atoms with Crippen molar-refractivity contribution in [3.05, 3.63) is 89.5 Å². The van der Waals surface area contributed by atoms with Crippen molar-refractivity contribution >= 4 is 34.8 Å². The number of nitrogen functional groups attached to an aromatic ring is 1. The van der Waals surface area contributed by atoms with E-state index in [9.17, 15) is 19.5 Å². The zero-order valence-corrected chi connectivity index (χ0v) is 28.5. The van der Waals surface area contributed by atoms with Gasteiger partial charge < -0.3 is 35.7 Å². The van der Waals surface area contributed by atoms with E-state index in [0.29, 0.717) is 36.4 Å². The van der Waals surface area contributed by atoms with Crippen LogP contribution >= 0.6 is 0 Å². The van der Waals surface area contributed by atoms with Gasteiger partial charge in [-0.05, 0) is 82.0 Å². The highest BCUT2D eigenvalue weighted by Gasteiger charge is 2.39. The third kappa shape index (κ3) is 10.4. The molecule has 3 aromatic rings. The highest BCUT2D eigenvalue weighted by molar-refractivity contribution is 5.94. The first-order chi connectivity index (χ1) is 23.5. The van der Waals surface area contributed by atoms with E-state index in [2.05, 4.69) is 15.5 Å². The van der Waals surface area contributed by atoms with Crippen LogP contribution in [0.5, 0.6) is 0 Å². The van der Waals surface area contributed by atoms with Gasteiger partial charge in [-0.1, -0.05) is 48.5 Å². The van der Waals surface area contributed by atoms with E-state index in [1.165, 1.54) is 0 Å². The SMILES string of the molecule is CC(C)(C)OC(=O)C1CCCN1CC1CC(c2ccc(CO)cc2)OC(c2cccc(NC(=O)CCCC(=O)Nc3ccccc3N)c2)O1. The molecule has 11 nitrogen and oxygen atoms in total. The second kappa shape index (κ2) is 16.4. The largest absolute Gasteiger partial charge is 0.459 e. The molecule has 0 bridgehead atoms. The summed E-state index contributed by atoms with van der Waals surface area (Å²) in [6.45, 7) is 6.90. The Hall–Kier alpha value is -4.29. The molecule has 0 aliphatic carbocycles. The summed E-state index contributed by atoms with van der Waals surface area (Å²) >= 11 is 0. The summed E-state index contributed by atoms with van der Waals surface area (Å²) in [6.07, 6.45) is 1.66. The number of anilines is 3. The van der Waals surface area contributed by atoms with Crippen molar-refractivity contribution in [3.63, 3.8) is 0 Å². The smallest absolute Gasteiger partial charge is 0.323 e. The molecule has 5 N–H and O–H groups in total. The molecule has 0 saturated carbocycles. The number of hydrogen-bond acceptors (Lipinski definition) is 9. The summed E-state index contributed by atoms with van der Waals surface area (Å²) in [5.74, 6) is -0.632. The summed E-state index contributed by atoms with van der Waals surface area (Å²) in [5, 5.41) is 15.3. The van der Waals surface area contributed by atoms with Gasteiger partial charge in [0.25, 0.3) is 0 Å². The van der Waals surface area contributed by atoms with Crippen molar-refractivity contribution in [2.45, 2.75) is 96.0 Å². The number of aliphatic hydroxyl groups excluding tert-OH is 1. The van der Waals surface area contributed by atoms with Crippen LogP contribution in [0.25, 0.3) is 0 Å². The molecule has 2 aliphatic rings. The lowest BCUT2D eigenvalue weighted by Crippen LogP contribution is -2.45. The van der Waals surface area contributed by atoms with E-state index in [-0.39, 0.29) is 55.5 Å². The van der Waals surface area contributed by atoms with E-state index < -0.39 is 11.9 Å². The first-order valence-corrected chi connectivity index (χ1v) is 17.0. The molecule has 11 heteroatoms. The van der Waals surface area contributed by atoms with E-state index >= 15 is 0 Å². The normalized spacial score (nSPS) is 21.2. The predicted octanol–water partition coefficient (Wildman–Crippen LogP) is 5.86. The van der Waals surface area contributed by atoms with Crippen molar-refractivity contribution in [2.24, 2.45) is 0 Å². The van der Waals surface area contributed by atoms with Gasteiger partial charge in [0.2, 0.25) is 11.8 Å². The Morgan fingerprint density at radius 2 is 1.67 bits per heavy atom. The molecular weight excluding hydrogens is 624 g/mol. The summed E-state index contributed by atoms with van der Waals surface area (Å²) in [7, 11) is 0. The van der Waals surface area contributed by atoms with Crippen LogP contribution in [0.15, 0.2) is 72.8 Å². The third-order valence-corrected chi connectivity index (χ3v) is 8.58. The molecule has 0 aromatic heterocycles. The number of likely N-dealkylation sites (tertiary alicyclic amines) is 1. The first-order valence-electron chi connectivity index (χ1n) is 17.0. The van der Waals surface area contributed by atoms with Crippen LogP contribution in [0.2, 0.25) is 0 Å². The topological polar surface area (TPSA) is 152 Å². The van der Waals surface area contributed by atoms with E-state index in [1.807, 2.05) is 63.2 Å². The highest BCUT2D eigenvalue weighted by Crippen LogP contribution is 2.39. The minimum Gasteiger partial charge on any atom is -0.459 e. The summed E-state index contributed by atoms with van der Waals surface area (Å²) in [4.78, 5) is 40.4. The summed E-state index contributed by atoms with van der Waals surface area (Å²) in [5.41, 5.74) is 9.47. The molecule has 2 fully saturated rings. The monoisotopic (exact) mass is 672 g/mol. The van der Waals surface area contributed by atoms with Gasteiger partial charge in [-0.25, -0.2) is 0 Å². The molecule has 0 radical (unpaired) electrons. The zero-order chi connectivity index (χ0) is 35.0. The van der Waals surface area contributed by atoms with Crippen LogP contribution in [-0.2, 0) is 35.2 Å². The van der Waals surface area contributed by atoms with Crippen molar-refractivity contribution in [2.75, 3.05) is 29.5 Å². The lowest BCUT2D eigenvalue weighted by molar-refractivity contribution is -0.253. The van der Waals surface area contributed by atoms with Crippen LogP contribution in [-0.4, -0.2) is 58.6 Å². The van der Waals surface area contributed by atoms with Gasteiger partial charge in [-0.3, -0.25) is 19.3 Å². The quantitative estimate of drug-likeness (QED) is 0.137. The second-order valence-electron chi connectivity index (χ2n) is 13.7. The third-order valence-electron chi connectivity index (χ3n) is 8.58. The number of aliphatic hydroxyl groups is 1. The highest BCUT2D eigenvalue weighted by atomic mass is 16.7. The van der Waals surface area contributed by atoms with Crippen molar-refractivity contribution in [3.8, 4) is 0 Å². The number of nitrogens with one attached hydrogen (secondary N) is 2. The standard InChI is InChI=1S/C38H48N4O7/c1-38(2,3)49-36(46)32-13-8-20-42(32)23-29-22-33(26-18-16-25(24-43)17-19-26)48-37(47-29)27-9-6-10-28(21-27)40-34(44)14-7-15-35(45)41-31-12-5-4-11-30(31)39/h4-6,9-12,16-19,21,29,32-33,37,43H,7-8,13-15,20,22-24,39H2,1-3H3,(H,40,44)(H,41,45). The molecule has 0 spiro atoms. The van der Waals surface area contributed by atoms with Gasteiger partial charge in [-0.2, -0.15) is 0 Å². The fourth-order valence-electron chi connectivity index (χ4n) is 6.20. The van der Waals surface area contributed by atoms with Crippen molar-refractivity contribution in [1.82, 2.24) is 4.90 Å². The number of carbonyl (C=O) groups excluding carboxylic acids is 3. The lowest BCUT2D eigenvalue weighted by Gasteiger charge is -2.38. The fraction of sp³-hybridized carbons (Fsp3) is 0.447. The number of ether oxygens (including phenoxy) is 3. The number of nitrogens with zero attached hydrogens (tertiary/aromatic N) is 1. The van der Waals surface area contributed by atoms with Gasteiger partial charge in [0.15, 0.2) is 6.29 Å². The number of para-hydroxylation sites is 2. The Kier molecular flexibility index (Phi) is 12.1. The molecule has 3 aromatic carbocycles. The van der Waals surface area contributed by atoms with Crippen LogP contribution in [0.1, 0.15) is 88.4 Å². The van der Waals surface area contributed by atoms with Crippen LogP contribution < -0.4 is 16.4 Å². The van der Waals surface area contributed by atoms with Crippen LogP contribution in [0, 0.1) is 0 Å². The van der Waals surface area contributed by atoms with Gasteiger partial charge in [0.1, 0.15) is 11.6 Å². The van der Waals surface area contributed by atoms with Gasteiger partial charge in [0, 0.05) is 37.1 Å². The lowest BCUT2D eigenvalue weighted by atomic mass is 9.99.